The minimum atomic E-state index is -0.674. The summed E-state index contributed by atoms with van der Waals surface area (Å²) in [5.41, 5.74) is 2.72. The number of fused-ring (bicyclic) bond motifs is 3. The molecule has 0 fully saturated rings. The van der Waals surface area contributed by atoms with Gasteiger partial charge in [-0.15, -0.1) is 0 Å². The van der Waals surface area contributed by atoms with E-state index in [-0.39, 0.29) is 23.1 Å². The summed E-state index contributed by atoms with van der Waals surface area (Å²) in [5.74, 6) is 0.542. The van der Waals surface area contributed by atoms with Gasteiger partial charge in [0.15, 0.2) is 5.76 Å². The highest BCUT2D eigenvalue weighted by molar-refractivity contribution is 6.31. The number of esters is 1. The number of halogens is 1. The number of aromatic nitrogens is 1. The molecule has 3 aromatic carbocycles. The molecule has 2 aromatic heterocycles. The van der Waals surface area contributed by atoms with Gasteiger partial charge in [-0.3, -0.25) is 4.79 Å². The number of ether oxygens (including phenoxy) is 3. The van der Waals surface area contributed by atoms with E-state index in [1.165, 1.54) is 6.07 Å². The molecule has 3 heterocycles. The lowest BCUT2D eigenvalue weighted by Gasteiger charge is -2.04. The van der Waals surface area contributed by atoms with Crippen LogP contribution < -0.4 is 14.2 Å². The van der Waals surface area contributed by atoms with Crippen LogP contribution >= 0.6 is 11.6 Å². The number of hydrogen-bond donors (Lipinski definition) is 0. The summed E-state index contributed by atoms with van der Waals surface area (Å²) in [6, 6.07) is 17.0. The van der Waals surface area contributed by atoms with Crippen LogP contribution in [0.15, 0.2) is 77.0 Å². The number of methoxy groups -OCH3 is 1. The van der Waals surface area contributed by atoms with E-state index in [1.807, 2.05) is 36.0 Å². The summed E-state index contributed by atoms with van der Waals surface area (Å²) in [5, 5.41) is 2.16. The number of benzene rings is 3. The Kier molecular flexibility index (Phi) is 5.09. The van der Waals surface area contributed by atoms with Crippen LogP contribution in [-0.2, 0) is 7.05 Å². The van der Waals surface area contributed by atoms with Crippen molar-refractivity contribution in [3.8, 4) is 17.2 Å². The lowest BCUT2D eigenvalue weighted by Crippen LogP contribution is -2.07. The molecule has 1 aliphatic heterocycles. The van der Waals surface area contributed by atoms with E-state index in [0.29, 0.717) is 33.1 Å². The van der Waals surface area contributed by atoms with E-state index < -0.39 is 5.97 Å². The van der Waals surface area contributed by atoms with E-state index in [4.69, 9.17) is 30.2 Å². The maximum absolute atomic E-state index is 13.0. The Hall–Kier alpha value is -4.49. The molecule has 0 bridgehead atoms. The number of furan rings is 1. The number of ketones is 1. The van der Waals surface area contributed by atoms with Crippen molar-refractivity contribution in [1.29, 1.82) is 0 Å². The lowest BCUT2D eigenvalue weighted by atomic mass is 10.1. The Morgan fingerprint density at radius 2 is 1.86 bits per heavy atom. The molecule has 0 spiro atoms. The number of hydrogen-bond acceptors (Lipinski definition) is 6. The van der Waals surface area contributed by atoms with Gasteiger partial charge in [0.2, 0.25) is 11.5 Å². The van der Waals surface area contributed by atoms with Gasteiger partial charge >= 0.3 is 5.97 Å². The molecular weight excluding hydrogens is 482 g/mol. The first kappa shape index (κ1) is 22.0. The maximum Gasteiger partial charge on any atom is 0.379 e. The van der Waals surface area contributed by atoms with Crippen LogP contribution in [0.2, 0.25) is 5.02 Å². The molecule has 6 rings (SSSR count). The molecule has 8 heteroatoms. The molecular formula is C28H18ClNO6. The molecule has 0 saturated carbocycles. The fourth-order valence-electron chi connectivity index (χ4n) is 4.29. The van der Waals surface area contributed by atoms with Crippen molar-refractivity contribution >= 4 is 51.3 Å². The van der Waals surface area contributed by atoms with Gasteiger partial charge in [0.25, 0.3) is 0 Å². The molecule has 178 valence electrons. The minimum absolute atomic E-state index is 0.0386. The second-order valence-corrected chi connectivity index (χ2v) is 8.79. The highest BCUT2D eigenvalue weighted by Gasteiger charge is 2.29. The van der Waals surface area contributed by atoms with E-state index in [9.17, 15) is 9.59 Å². The highest BCUT2D eigenvalue weighted by atomic mass is 35.5. The average Bonchev–Trinajstić information content (AvgIpc) is 3.52. The van der Waals surface area contributed by atoms with Crippen LogP contribution in [0.4, 0.5) is 0 Å². The number of allylic oxidation sites excluding steroid dienone is 1. The largest absolute Gasteiger partial charge is 0.497 e. The topological polar surface area (TPSA) is 79.9 Å². The fourth-order valence-corrected chi connectivity index (χ4v) is 4.47. The first-order valence-electron chi connectivity index (χ1n) is 11.0. The van der Waals surface area contributed by atoms with Crippen LogP contribution in [0.1, 0.15) is 26.5 Å². The van der Waals surface area contributed by atoms with Crippen molar-refractivity contribution in [2.24, 2.45) is 7.05 Å². The first-order chi connectivity index (χ1) is 17.4. The molecule has 5 aromatic rings. The van der Waals surface area contributed by atoms with Crippen LogP contribution in [0.3, 0.4) is 0 Å². The van der Waals surface area contributed by atoms with Gasteiger partial charge in [-0.1, -0.05) is 11.6 Å². The molecule has 0 aliphatic carbocycles. The van der Waals surface area contributed by atoms with Crippen molar-refractivity contribution in [1.82, 2.24) is 4.57 Å². The normalized spacial score (nSPS) is 13.9. The standard InChI is InChI=1S/C28H18ClNO6/c1-30-14-16(21-12-18(33-2)5-7-22(21)30)11-25-27(31)20-6-4-19(13-24(20)36-25)34-28(32)26-10-15-9-17(29)3-8-23(15)35-26/h3-14H,1-2H3/b25-11-. The molecule has 0 saturated heterocycles. The van der Waals surface area contributed by atoms with Crippen LogP contribution in [0.5, 0.6) is 17.2 Å². The summed E-state index contributed by atoms with van der Waals surface area (Å²) in [7, 11) is 3.54. The second-order valence-electron chi connectivity index (χ2n) is 8.36. The SMILES string of the molecule is COc1ccc2c(c1)c(/C=C1\Oc3cc(OC(=O)c4cc5cc(Cl)ccc5o4)ccc3C1=O)cn2C. The number of aryl methyl sites for hydroxylation is 1. The quantitative estimate of drug-likeness (QED) is 0.161. The fraction of sp³-hybridized carbons (Fsp3) is 0.0714. The van der Waals surface area contributed by atoms with Crippen molar-refractivity contribution in [3.63, 3.8) is 0 Å². The molecule has 7 nitrogen and oxygen atoms in total. The maximum atomic E-state index is 13.0. The summed E-state index contributed by atoms with van der Waals surface area (Å²) in [6.45, 7) is 0. The predicted molar refractivity (Wildman–Crippen MR) is 135 cm³/mol. The molecule has 0 amide bonds. The summed E-state index contributed by atoms with van der Waals surface area (Å²) in [6.07, 6.45) is 3.62. The highest BCUT2D eigenvalue weighted by Crippen LogP contribution is 2.36. The van der Waals surface area contributed by atoms with E-state index in [1.54, 1.807) is 49.6 Å². The third-order valence-electron chi connectivity index (χ3n) is 6.05. The summed E-state index contributed by atoms with van der Waals surface area (Å²) >= 11 is 6.00. The number of carbonyl (C=O) groups is 2. The Labute approximate surface area is 210 Å². The van der Waals surface area contributed by atoms with Crippen molar-refractivity contribution < 1.29 is 28.2 Å². The van der Waals surface area contributed by atoms with Gasteiger partial charge in [0, 0.05) is 46.2 Å². The zero-order chi connectivity index (χ0) is 25.0. The van der Waals surface area contributed by atoms with Gasteiger partial charge in [0.05, 0.1) is 12.7 Å². The molecule has 0 radical (unpaired) electrons. The average molecular weight is 500 g/mol. The van der Waals surface area contributed by atoms with Crippen molar-refractivity contribution in [2.45, 2.75) is 0 Å². The van der Waals surface area contributed by atoms with Gasteiger partial charge < -0.3 is 23.2 Å². The zero-order valence-corrected chi connectivity index (χ0v) is 20.0. The van der Waals surface area contributed by atoms with E-state index >= 15 is 0 Å². The number of nitrogens with zero attached hydrogens (tertiary/aromatic N) is 1. The molecule has 0 N–H and O–H groups in total. The van der Waals surface area contributed by atoms with Crippen LogP contribution in [0, 0.1) is 0 Å². The molecule has 0 atom stereocenters. The molecule has 1 aliphatic rings. The predicted octanol–water partition coefficient (Wildman–Crippen LogP) is 6.42. The van der Waals surface area contributed by atoms with Gasteiger partial charge in [-0.2, -0.15) is 0 Å². The number of carbonyl (C=O) groups excluding carboxylic acids is 2. The third kappa shape index (κ3) is 3.70. The van der Waals surface area contributed by atoms with Crippen LogP contribution in [-0.4, -0.2) is 23.4 Å². The Morgan fingerprint density at radius 3 is 2.69 bits per heavy atom. The van der Waals surface area contributed by atoms with Crippen molar-refractivity contribution in [2.75, 3.05) is 7.11 Å². The third-order valence-corrected chi connectivity index (χ3v) is 6.28. The zero-order valence-electron chi connectivity index (χ0n) is 19.2. The number of Topliss-reactive ketones (excluding diaryl/α,β-unsaturated/α-hetero) is 1. The minimum Gasteiger partial charge on any atom is -0.497 e. The summed E-state index contributed by atoms with van der Waals surface area (Å²) in [4.78, 5) is 25.6. The van der Waals surface area contributed by atoms with Gasteiger partial charge in [0.1, 0.15) is 22.8 Å². The van der Waals surface area contributed by atoms with Gasteiger partial charge in [-0.25, -0.2) is 4.79 Å². The molecule has 36 heavy (non-hydrogen) atoms. The smallest absolute Gasteiger partial charge is 0.379 e. The monoisotopic (exact) mass is 499 g/mol. The van der Waals surface area contributed by atoms with Crippen molar-refractivity contribution in [3.05, 3.63) is 94.5 Å². The Bertz CT molecular complexity index is 1740. The van der Waals surface area contributed by atoms with E-state index in [2.05, 4.69) is 0 Å². The van der Waals surface area contributed by atoms with Gasteiger partial charge in [-0.05, 0) is 60.7 Å². The first-order valence-corrected chi connectivity index (χ1v) is 11.4. The summed E-state index contributed by atoms with van der Waals surface area (Å²) < 4.78 is 24.2. The Morgan fingerprint density at radius 1 is 1.03 bits per heavy atom. The molecule has 0 unspecified atom stereocenters. The van der Waals surface area contributed by atoms with Crippen LogP contribution in [0.25, 0.3) is 27.9 Å². The second kappa shape index (κ2) is 8.32. The number of rotatable bonds is 4. The van der Waals surface area contributed by atoms with E-state index in [0.717, 1.165) is 16.5 Å². The Balaban J connectivity index is 1.27. The lowest BCUT2D eigenvalue weighted by molar-refractivity contribution is 0.0703.